The van der Waals surface area contributed by atoms with Gasteiger partial charge in [0.2, 0.25) is 11.8 Å². The molecule has 0 saturated carbocycles. The number of aliphatic imine (C=N–C) groups is 1. The smallest absolute Gasteiger partial charge is 0.243 e. The molecule has 6 nitrogen and oxygen atoms in total. The SMILES string of the molecule is Cc1ccccc1NC(=O)C[C@H]1SC(=Nc2ccccc2)N(Cc2ccco2)C1=O. The van der Waals surface area contributed by atoms with Crippen LogP contribution in [0, 0.1) is 6.92 Å². The van der Waals surface area contributed by atoms with Gasteiger partial charge in [-0.2, -0.15) is 0 Å². The second-order valence-electron chi connectivity index (χ2n) is 6.91. The van der Waals surface area contributed by atoms with Gasteiger partial charge in [-0.15, -0.1) is 0 Å². The zero-order chi connectivity index (χ0) is 20.9. The van der Waals surface area contributed by atoms with Crippen molar-refractivity contribution in [1.29, 1.82) is 0 Å². The molecule has 1 aromatic heterocycles. The molecule has 1 N–H and O–H groups in total. The molecular weight excluding hydrogens is 398 g/mol. The molecule has 1 atom stereocenters. The molecule has 1 saturated heterocycles. The first-order valence-electron chi connectivity index (χ1n) is 9.60. The topological polar surface area (TPSA) is 74.9 Å². The normalized spacial score (nSPS) is 17.5. The van der Waals surface area contributed by atoms with Crippen molar-refractivity contribution in [2.75, 3.05) is 5.32 Å². The summed E-state index contributed by atoms with van der Waals surface area (Å²) in [4.78, 5) is 31.9. The molecular formula is C23H21N3O3S. The molecule has 0 spiro atoms. The molecule has 7 heteroatoms. The molecule has 30 heavy (non-hydrogen) atoms. The van der Waals surface area contributed by atoms with Crippen molar-refractivity contribution in [1.82, 2.24) is 4.90 Å². The standard InChI is InChI=1S/C23H21N3O3S/c1-16-8-5-6-12-19(16)25-21(27)14-20-22(28)26(15-18-11-7-13-29-18)23(30-20)24-17-9-3-2-4-10-17/h2-13,20H,14-15H2,1H3,(H,25,27)/t20-/m1/s1. The van der Waals surface area contributed by atoms with E-state index in [1.165, 1.54) is 11.8 Å². The summed E-state index contributed by atoms with van der Waals surface area (Å²) in [5.41, 5.74) is 2.48. The zero-order valence-corrected chi connectivity index (χ0v) is 17.3. The van der Waals surface area contributed by atoms with Crippen LogP contribution in [-0.2, 0) is 16.1 Å². The number of rotatable bonds is 6. The number of anilines is 1. The van der Waals surface area contributed by atoms with E-state index in [1.807, 2.05) is 67.6 Å². The molecule has 3 aromatic rings. The molecule has 152 valence electrons. The van der Waals surface area contributed by atoms with Gasteiger partial charge < -0.3 is 9.73 Å². The van der Waals surface area contributed by atoms with Gasteiger partial charge in [0.05, 0.1) is 18.5 Å². The maximum absolute atomic E-state index is 13.1. The van der Waals surface area contributed by atoms with Gasteiger partial charge in [0.15, 0.2) is 5.17 Å². The Hall–Kier alpha value is -3.32. The Labute approximate surface area is 179 Å². The first-order valence-corrected chi connectivity index (χ1v) is 10.5. The van der Waals surface area contributed by atoms with E-state index in [9.17, 15) is 9.59 Å². The number of aryl methyl sites for hydroxylation is 1. The minimum atomic E-state index is -0.536. The summed E-state index contributed by atoms with van der Waals surface area (Å²) < 4.78 is 5.41. The summed E-state index contributed by atoms with van der Waals surface area (Å²) in [7, 11) is 0. The number of nitrogens with one attached hydrogen (secondary N) is 1. The van der Waals surface area contributed by atoms with Crippen LogP contribution in [0.5, 0.6) is 0 Å². The number of nitrogens with zero attached hydrogens (tertiary/aromatic N) is 2. The number of furan rings is 1. The molecule has 4 rings (SSSR count). The summed E-state index contributed by atoms with van der Waals surface area (Å²) >= 11 is 1.31. The maximum Gasteiger partial charge on any atom is 0.243 e. The number of hydrogen-bond donors (Lipinski definition) is 1. The zero-order valence-electron chi connectivity index (χ0n) is 16.4. The highest BCUT2D eigenvalue weighted by Gasteiger charge is 2.39. The van der Waals surface area contributed by atoms with E-state index >= 15 is 0 Å². The summed E-state index contributed by atoms with van der Waals surface area (Å²) in [5, 5.41) is 2.93. The van der Waals surface area contributed by atoms with E-state index in [2.05, 4.69) is 10.3 Å². The van der Waals surface area contributed by atoms with Gasteiger partial charge in [0.25, 0.3) is 0 Å². The fourth-order valence-corrected chi connectivity index (χ4v) is 4.28. The molecule has 2 aromatic carbocycles. The Balaban J connectivity index is 1.52. The number of para-hydroxylation sites is 2. The number of amidine groups is 1. The van der Waals surface area contributed by atoms with Crippen LogP contribution in [0.25, 0.3) is 0 Å². The number of amides is 2. The monoisotopic (exact) mass is 419 g/mol. The van der Waals surface area contributed by atoms with Crippen molar-refractivity contribution in [3.05, 3.63) is 84.3 Å². The Morgan fingerprint density at radius 2 is 1.87 bits per heavy atom. The highest BCUT2D eigenvalue weighted by molar-refractivity contribution is 8.15. The Kier molecular flexibility index (Phi) is 5.99. The van der Waals surface area contributed by atoms with E-state index in [1.54, 1.807) is 17.2 Å². The predicted molar refractivity (Wildman–Crippen MR) is 119 cm³/mol. The van der Waals surface area contributed by atoms with E-state index in [0.717, 1.165) is 16.9 Å². The molecule has 2 amide bonds. The number of thioether (sulfide) groups is 1. The van der Waals surface area contributed by atoms with Gasteiger partial charge in [-0.25, -0.2) is 4.99 Å². The van der Waals surface area contributed by atoms with Crippen LogP contribution in [0.1, 0.15) is 17.7 Å². The minimum absolute atomic E-state index is 0.0697. The van der Waals surface area contributed by atoms with Crippen LogP contribution in [0.4, 0.5) is 11.4 Å². The first-order chi connectivity index (χ1) is 14.6. The fraction of sp³-hybridized carbons (Fsp3) is 0.174. The van der Waals surface area contributed by atoms with Crippen LogP contribution in [0.3, 0.4) is 0 Å². The van der Waals surface area contributed by atoms with Crippen LogP contribution >= 0.6 is 11.8 Å². The highest BCUT2D eigenvalue weighted by atomic mass is 32.2. The largest absolute Gasteiger partial charge is 0.467 e. The molecule has 0 aliphatic carbocycles. The van der Waals surface area contributed by atoms with Gasteiger partial charge in [0.1, 0.15) is 11.0 Å². The molecule has 0 unspecified atom stereocenters. The summed E-state index contributed by atoms with van der Waals surface area (Å²) in [5.74, 6) is 0.315. The fourth-order valence-electron chi connectivity index (χ4n) is 3.12. The van der Waals surface area contributed by atoms with Crippen molar-refractivity contribution in [3.63, 3.8) is 0 Å². The molecule has 1 aliphatic heterocycles. The second kappa shape index (κ2) is 9.00. The van der Waals surface area contributed by atoms with Gasteiger partial charge in [0, 0.05) is 12.1 Å². The Morgan fingerprint density at radius 1 is 1.10 bits per heavy atom. The molecule has 2 heterocycles. The number of carbonyl (C=O) groups excluding carboxylic acids is 2. The third-order valence-corrected chi connectivity index (χ3v) is 5.86. The predicted octanol–water partition coefficient (Wildman–Crippen LogP) is 4.75. The summed E-state index contributed by atoms with van der Waals surface area (Å²) in [6, 6.07) is 20.6. The van der Waals surface area contributed by atoms with Crippen molar-refractivity contribution in [2.24, 2.45) is 4.99 Å². The van der Waals surface area contributed by atoms with Gasteiger partial charge in [-0.3, -0.25) is 14.5 Å². The van der Waals surface area contributed by atoms with Gasteiger partial charge in [-0.05, 0) is 42.8 Å². The third-order valence-electron chi connectivity index (χ3n) is 4.68. The minimum Gasteiger partial charge on any atom is -0.467 e. The van der Waals surface area contributed by atoms with E-state index in [-0.39, 0.29) is 24.8 Å². The van der Waals surface area contributed by atoms with E-state index in [4.69, 9.17) is 4.42 Å². The highest BCUT2D eigenvalue weighted by Crippen LogP contribution is 2.33. The molecule has 1 fully saturated rings. The molecule has 1 aliphatic rings. The van der Waals surface area contributed by atoms with Crippen molar-refractivity contribution >= 4 is 40.1 Å². The summed E-state index contributed by atoms with van der Waals surface area (Å²) in [6.45, 7) is 2.21. The second-order valence-corrected chi connectivity index (χ2v) is 8.08. The van der Waals surface area contributed by atoms with Gasteiger partial charge in [-0.1, -0.05) is 48.2 Å². The number of carbonyl (C=O) groups is 2. The molecule has 0 radical (unpaired) electrons. The quantitative estimate of drug-likeness (QED) is 0.626. The lowest BCUT2D eigenvalue weighted by Crippen LogP contribution is -2.33. The molecule has 0 bridgehead atoms. The average Bonchev–Trinajstić information content (AvgIpc) is 3.35. The van der Waals surface area contributed by atoms with Crippen LogP contribution < -0.4 is 5.32 Å². The number of benzene rings is 2. The van der Waals surface area contributed by atoms with Crippen molar-refractivity contribution in [3.8, 4) is 0 Å². The summed E-state index contributed by atoms with van der Waals surface area (Å²) in [6.07, 6.45) is 1.64. The van der Waals surface area contributed by atoms with Crippen LogP contribution in [0.15, 0.2) is 82.4 Å². The maximum atomic E-state index is 13.1. The van der Waals surface area contributed by atoms with E-state index < -0.39 is 5.25 Å². The van der Waals surface area contributed by atoms with Crippen LogP contribution in [0.2, 0.25) is 0 Å². The Morgan fingerprint density at radius 3 is 2.60 bits per heavy atom. The van der Waals surface area contributed by atoms with Crippen molar-refractivity contribution < 1.29 is 14.0 Å². The lowest BCUT2D eigenvalue weighted by molar-refractivity contribution is -0.128. The van der Waals surface area contributed by atoms with Crippen molar-refractivity contribution in [2.45, 2.75) is 25.1 Å². The first kappa shape index (κ1) is 20.0. The third kappa shape index (κ3) is 4.63. The van der Waals surface area contributed by atoms with E-state index in [0.29, 0.717) is 10.9 Å². The lowest BCUT2D eigenvalue weighted by Gasteiger charge is -2.15. The Bertz CT molecular complexity index is 1060. The number of hydrogen-bond acceptors (Lipinski definition) is 5. The average molecular weight is 420 g/mol. The van der Waals surface area contributed by atoms with Gasteiger partial charge >= 0.3 is 0 Å². The lowest BCUT2D eigenvalue weighted by atomic mass is 10.2. The van der Waals surface area contributed by atoms with Crippen LogP contribution in [-0.4, -0.2) is 27.1 Å².